The van der Waals surface area contributed by atoms with Crippen LogP contribution in [-0.2, 0) is 0 Å². The Bertz CT molecular complexity index is 412. The van der Waals surface area contributed by atoms with Crippen LogP contribution >= 0.6 is 0 Å². The highest BCUT2D eigenvalue weighted by Gasteiger charge is 2.24. The first-order chi connectivity index (χ1) is 9.13. The molecule has 2 heterocycles. The van der Waals surface area contributed by atoms with E-state index < -0.39 is 0 Å². The van der Waals surface area contributed by atoms with Crippen molar-refractivity contribution in [3.8, 4) is 0 Å². The number of nitrogens with zero attached hydrogens (tertiary/aromatic N) is 3. The van der Waals surface area contributed by atoms with Gasteiger partial charge in [-0.05, 0) is 50.9 Å². The third-order valence-corrected chi connectivity index (χ3v) is 4.05. The molecule has 3 nitrogen and oxygen atoms in total. The van der Waals surface area contributed by atoms with E-state index >= 15 is 0 Å². The van der Waals surface area contributed by atoms with Crippen molar-refractivity contribution in [2.45, 2.75) is 45.6 Å². The molecule has 1 saturated heterocycles. The van der Waals surface area contributed by atoms with Crippen molar-refractivity contribution in [2.24, 2.45) is 0 Å². The van der Waals surface area contributed by atoms with Crippen molar-refractivity contribution >= 4 is 5.82 Å². The Hall–Kier alpha value is -1.09. The van der Waals surface area contributed by atoms with Crippen LogP contribution in [0.5, 0.6) is 0 Å². The van der Waals surface area contributed by atoms with Gasteiger partial charge in [0.1, 0.15) is 5.82 Å². The lowest BCUT2D eigenvalue weighted by molar-refractivity contribution is 0.148. The van der Waals surface area contributed by atoms with Gasteiger partial charge in [-0.15, -0.1) is 0 Å². The molecular formula is C16H27N3. The Labute approximate surface area is 117 Å². The van der Waals surface area contributed by atoms with E-state index in [0.717, 1.165) is 5.82 Å². The monoisotopic (exact) mass is 261 g/mol. The van der Waals surface area contributed by atoms with E-state index in [9.17, 15) is 0 Å². The number of anilines is 1. The molecule has 0 aliphatic carbocycles. The van der Waals surface area contributed by atoms with E-state index in [-0.39, 0.29) is 0 Å². The molecule has 0 radical (unpaired) electrons. The lowest BCUT2D eigenvalue weighted by Gasteiger charge is -2.36. The number of pyridine rings is 1. The lowest BCUT2D eigenvalue weighted by atomic mass is 9.94. The molecular weight excluding hydrogens is 234 g/mol. The van der Waals surface area contributed by atoms with Crippen LogP contribution in [0.4, 0.5) is 5.82 Å². The van der Waals surface area contributed by atoms with Crippen LogP contribution in [0.15, 0.2) is 12.1 Å². The highest BCUT2D eigenvalue weighted by Crippen LogP contribution is 2.32. The average Bonchev–Trinajstić information content (AvgIpc) is 2.40. The minimum atomic E-state index is 0.581. The van der Waals surface area contributed by atoms with Crippen molar-refractivity contribution in [3.05, 3.63) is 23.4 Å². The molecule has 19 heavy (non-hydrogen) atoms. The summed E-state index contributed by atoms with van der Waals surface area (Å²) < 4.78 is 0. The fourth-order valence-corrected chi connectivity index (χ4v) is 3.06. The quantitative estimate of drug-likeness (QED) is 0.828. The van der Waals surface area contributed by atoms with Gasteiger partial charge in [0.25, 0.3) is 0 Å². The topological polar surface area (TPSA) is 19.4 Å². The molecule has 0 spiro atoms. The number of hydrogen-bond donors (Lipinski definition) is 0. The molecule has 1 aliphatic rings. The standard InChI is InChI=1S/C16H27N3/c1-5-11-19-12-7-6-8-15(19)14-9-10-16(18(3)4)17-13(14)2/h9-10,15H,5-8,11-12H2,1-4H3/t15-/m0/s1. The van der Waals surface area contributed by atoms with Gasteiger partial charge in [-0.3, -0.25) is 4.90 Å². The normalized spacial score (nSPS) is 20.5. The summed E-state index contributed by atoms with van der Waals surface area (Å²) in [4.78, 5) is 9.45. The van der Waals surface area contributed by atoms with Crippen LogP contribution in [0.1, 0.15) is 49.9 Å². The average molecular weight is 261 g/mol. The summed E-state index contributed by atoms with van der Waals surface area (Å²) in [6, 6.07) is 5.02. The Morgan fingerprint density at radius 1 is 1.32 bits per heavy atom. The van der Waals surface area contributed by atoms with Gasteiger partial charge < -0.3 is 4.90 Å². The highest BCUT2D eigenvalue weighted by atomic mass is 15.2. The fraction of sp³-hybridized carbons (Fsp3) is 0.688. The molecule has 1 aromatic heterocycles. The van der Waals surface area contributed by atoms with E-state index in [1.54, 1.807) is 0 Å². The van der Waals surface area contributed by atoms with Crippen molar-refractivity contribution in [1.82, 2.24) is 9.88 Å². The van der Waals surface area contributed by atoms with Crippen LogP contribution in [0.2, 0.25) is 0 Å². The van der Waals surface area contributed by atoms with Crippen molar-refractivity contribution in [1.29, 1.82) is 0 Å². The number of rotatable bonds is 4. The van der Waals surface area contributed by atoms with Gasteiger partial charge >= 0.3 is 0 Å². The van der Waals surface area contributed by atoms with Crippen molar-refractivity contribution in [3.63, 3.8) is 0 Å². The van der Waals surface area contributed by atoms with Crippen LogP contribution in [0, 0.1) is 6.92 Å². The largest absolute Gasteiger partial charge is 0.363 e. The minimum absolute atomic E-state index is 0.581. The zero-order chi connectivity index (χ0) is 13.8. The van der Waals surface area contributed by atoms with Gasteiger partial charge in [0, 0.05) is 25.8 Å². The Balaban J connectivity index is 2.23. The zero-order valence-electron chi connectivity index (χ0n) is 12.8. The molecule has 0 N–H and O–H groups in total. The van der Waals surface area contributed by atoms with E-state index in [4.69, 9.17) is 4.98 Å². The van der Waals surface area contributed by atoms with E-state index in [1.807, 2.05) is 14.1 Å². The summed E-state index contributed by atoms with van der Waals surface area (Å²) >= 11 is 0. The van der Waals surface area contributed by atoms with E-state index in [0.29, 0.717) is 6.04 Å². The molecule has 1 fully saturated rings. The van der Waals surface area contributed by atoms with Gasteiger partial charge in [0.05, 0.1) is 0 Å². The third kappa shape index (κ3) is 3.27. The first-order valence-electron chi connectivity index (χ1n) is 7.52. The van der Waals surface area contributed by atoms with Crippen LogP contribution < -0.4 is 4.90 Å². The number of aromatic nitrogens is 1. The molecule has 1 aromatic rings. The Morgan fingerprint density at radius 2 is 2.11 bits per heavy atom. The third-order valence-electron chi connectivity index (χ3n) is 4.05. The maximum Gasteiger partial charge on any atom is 0.128 e. The maximum atomic E-state index is 4.74. The summed E-state index contributed by atoms with van der Waals surface area (Å²) in [6.07, 6.45) is 5.21. The first kappa shape index (κ1) is 14.3. The van der Waals surface area contributed by atoms with E-state index in [1.165, 1.54) is 50.0 Å². The summed E-state index contributed by atoms with van der Waals surface area (Å²) in [5.74, 6) is 1.05. The fourth-order valence-electron chi connectivity index (χ4n) is 3.06. The van der Waals surface area contributed by atoms with Gasteiger partial charge in [0.15, 0.2) is 0 Å². The molecule has 3 heteroatoms. The Morgan fingerprint density at radius 3 is 2.74 bits per heavy atom. The molecule has 0 bridgehead atoms. The second-order valence-electron chi connectivity index (χ2n) is 5.79. The molecule has 106 valence electrons. The molecule has 0 amide bonds. The van der Waals surface area contributed by atoms with Gasteiger partial charge in [-0.1, -0.05) is 19.4 Å². The molecule has 1 atom stereocenters. The second kappa shape index (κ2) is 6.38. The predicted molar refractivity (Wildman–Crippen MR) is 81.8 cm³/mol. The maximum absolute atomic E-state index is 4.74. The van der Waals surface area contributed by atoms with Gasteiger partial charge in [0.2, 0.25) is 0 Å². The molecule has 2 rings (SSSR count). The molecule has 0 aromatic carbocycles. The summed E-state index contributed by atoms with van der Waals surface area (Å²) in [5.41, 5.74) is 2.62. The van der Waals surface area contributed by atoms with Crippen molar-refractivity contribution < 1.29 is 0 Å². The summed E-state index contributed by atoms with van der Waals surface area (Å²) in [7, 11) is 4.09. The SMILES string of the molecule is CCCN1CCCC[C@H]1c1ccc(N(C)C)nc1C. The second-order valence-corrected chi connectivity index (χ2v) is 5.79. The number of likely N-dealkylation sites (tertiary alicyclic amines) is 1. The van der Waals surface area contributed by atoms with Crippen LogP contribution in [0.3, 0.4) is 0 Å². The first-order valence-corrected chi connectivity index (χ1v) is 7.52. The van der Waals surface area contributed by atoms with Gasteiger partial charge in [-0.25, -0.2) is 4.98 Å². The van der Waals surface area contributed by atoms with E-state index in [2.05, 4.69) is 35.8 Å². The summed E-state index contributed by atoms with van der Waals surface area (Å²) in [5, 5.41) is 0. The highest BCUT2D eigenvalue weighted by molar-refractivity contribution is 5.41. The summed E-state index contributed by atoms with van der Waals surface area (Å²) in [6.45, 7) is 6.87. The minimum Gasteiger partial charge on any atom is -0.363 e. The molecule has 1 aliphatic heterocycles. The zero-order valence-corrected chi connectivity index (χ0v) is 12.8. The number of hydrogen-bond acceptors (Lipinski definition) is 3. The Kier molecular flexibility index (Phi) is 4.81. The van der Waals surface area contributed by atoms with Crippen LogP contribution in [-0.4, -0.2) is 37.1 Å². The van der Waals surface area contributed by atoms with Gasteiger partial charge in [-0.2, -0.15) is 0 Å². The number of aryl methyl sites for hydroxylation is 1. The van der Waals surface area contributed by atoms with Crippen molar-refractivity contribution in [2.75, 3.05) is 32.1 Å². The lowest BCUT2D eigenvalue weighted by Crippen LogP contribution is -2.34. The number of piperidine rings is 1. The molecule has 0 saturated carbocycles. The smallest absolute Gasteiger partial charge is 0.128 e. The molecule has 0 unspecified atom stereocenters. The predicted octanol–water partition coefficient (Wildman–Crippen LogP) is 3.39. The van der Waals surface area contributed by atoms with Crippen LogP contribution in [0.25, 0.3) is 0 Å².